The molecule has 128 valence electrons. The number of aliphatic hydroxyl groups is 1. The second-order valence-electron chi connectivity index (χ2n) is 6.62. The Morgan fingerprint density at radius 3 is 2.30 bits per heavy atom. The highest BCUT2D eigenvalue weighted by atomic mass is 19.4. The van der Waals surface area contributed by atoms with Crippen LogP contribution in [0.2, 0.25) is 0 Å². The van der Waals surface area contributed by atoms with Crippen LogP contribution in [0.25, 0.3) is 0 Å². The van der Waals surface area contributed by atoms with Crippen molar-refractivity contribution in [3.05, 3.63) is 35.4 Å². The summed E-state index contributed by atoms with van der Waals surface area (Å²) in [7, 11) is 0. The molecule has 0 aromatic heterocycles. The zero-order chi connectivity index (χ0) is 17.3. The molecule has 0 spiro atoms. The van der Waals surface area contributed by atoms with Crippen molar-refractivity contribution in [3.63, 3.8) is 0 Å². The van der Waals surface area contributed by atoms with E-state index in [0.29, 0.717) is 11.5 Å². The highest BCUT2D eigenvalue weighted by Gasteiger charge is 2.42. The molecule has 23 heavy (non-hydrogen) atoms. The number of alkyl halides is 3. The van der Waals surface area contributed by atoms with Gasteiger partial charge in [0.25, 0.3) is 0 Å². The summed E-state index contributed by atoms with van der Waals surface area (Å²) in [6.45, 7) is 3.51. The van der Waals surface area contributed by atoms with Crippen LogP contribution in [0, 0.1) is 5.92 Å². The number of carbonyl (C=O) groups is 1. The van der Waals surface area contributed by atoms with Crippen molar-refractivity contribution in [3.8, 4) is 0 Å². The minimum absolute atomic E-state index is 0.113. The minimum Gasteiger partial charge on any atom is -0.394 e. The van der Waals surface area contributed by atoms with Gasteiger partial charge in [0.1, 0.15) is 0 Å². The van der Waals surface area contributed by atoms with Crippen molar-refractivity contribution in [1.82, 2.24) is 5.32 Å². The van der Waals surface area contributed by atoms with Crippen molar-refractivity contribution in [2.45, 2.75) is 50.7 Å². The van der Waals surface area contributed by atoms with Crippen molar-refractivity contribution in [2.24, 2.45) is 5.92 Å². The van der Waals surface area contributed by atoms with Crippen molar-refractivity contribution in [2.75, 3.05) is 6.61 Å². The molecule has 2 rings (SSSR count). The number of benzene rings is 1. The standard InChI is InChI=1S/C17H22F3NO2/c1-11(12-3-5-14(6-4-12)17(18,19)20)9-15(23)21-16(2,10-22)13-7-8-13/h3-6,11,13,22H,7-10H2,1-2H3,(H,21,23). The lowest BCUT2D eigenvalue weighted by Gasteiger charge is -2.29. The number of nitrogens with one attached hydrogen (secondary N) is 1. The number of carbonyl (C=O) groups excluding carboxylic acids is 1. The Morgan fingerprint density at radius 1 is 1.30 bits per heavy atom. The number of amides is 1. The number of aliphatic hydroxyl groups excluding tert-OH is 1. The summed E-state index contributed by atoms with van der Waals surface area (Å²) in [4.78, 5) is 12.2. The average Bonchev–Trinajstić information content (AvgIpc) is 3.31. The number of rotatable bonds is 6. The summed E-state index contributed by atoms with van der Waals surface area (Å²) >= 11 is 0. The first-order chi connectivity index (χ1) is 10.7. The molecule has 2 unspecified atom stereocenters. The van der Waals surface area contributed by atoms with Gasteiger partial charge in [0, 0.05) is 6.42 Å². The summed E-state index contributed by atoms with van der Waals surface area (Å²) in [6, 6.07) is 4.89. The third-order valence-corrected chi connectivity index (χ3v) is 4.53. The SMILES string of the molecule is CC(CC(=O)NC(C)(CO)C1CC1)c1ccc(C(F)(F)F)cc1. The number of hydrogen-bond acceptors (Lipinski definition) is 2. The highest BCUT2D eigenvalue weighted by Crippen LogP contribution is 2.39. The van der Waals surface area contributed by atoms with Gasteiger partial charge in [-0.05, 0) is 49.3 Å². The Labute approximate surface area is 133 Å². The molecule has 1 aliphatic carbocycles. The topological polar surface area (TPSA) is 49.3 Å². The fourth-order valence-electron chi connectivity index (χ4n) is 2.76. The molecule has 0 radical (unpaired) electrons. The maximum absolute atomic E-state index is 12.5. The Bertz CT molecular complexity index is 552. The predicted molar refractivity (Wildman–Crippen MR) is 80.8 cm³/mol. The second-order valence-corrected chi connectivity index (χ2v) is 6.62. The first kappa shape index (κ1) is 17.8. The second kappa shape index (κ2) is 6.51. The lowest BCUT2D eigenvalue weighted by Crippen LogP contribution is -2.50. The van der Waals surface area contributed by atoms with Crippen LogP contribution in [-0.4, -0.2) is 23.2 Å². The molecule has 0 bridgehead atoms. The molecule has 1 aromatic rings. The van der Waals surface area contributed by atoms with Gasteiger partial charge < -0.3 is 10.4 Å². The smallest absolute Gasteiger partial charge is 0.394 e. The van der Waals surface area contributed by atoms with E-state index in [0.717, 1.165) is 25.0 Å². The molecule has 0 heterocycles. The molecule has 2 atom stereocenters. The van der Waals surface area contributed by atoms with Crippen LogP contribution in [0.3, 0.4) is 0 Å². The van der Waals surface area contributed by atoms with Crippen LogP contribution >= 0.6 is 0 Å². The Hall–Kier alpha value is -1.56. The van der Waals surface area contributed by atoms with Crippen molar-refractivity contribution in [1.29, 1.82) is 0 Å². The zero-order valence-corrected chi connectivity index (χ0v) is 13.3. The molecule has 1 saturated carbocycles. The van der Waals surface area contributed by atoms with Crippen LogP contribution in [-0.2, 0) is 11.0 Å². The van der Waals surface area contributed by atoms with E-state index in [1.165, 1.54) is 12.1 Å². The predicted octanol–water partition coefficient (Wildman–Crippen LogP) is 3.48. The van der Waals surface area contributed by atoms with Gasteiger partial charge in [-0.2, -0.15) is 13.2 Å². The van der Waals surface area contributed by atoms with Gasteiger partial charge in [0.05, 0.1) is 17.7 Å². The third kappa shape index (κ3) is 4.47. The lowest BCUT2D eigenvalue weighted by molar-refractivity contribution is -0.137. The molecule has 1 aromatic carbocycles. The van der Waals surface area contributed by atoms with Crippen LogP contribution in [0.5, 0.6) is 0 Å². The number of halogens is 3. The van der Waals surface area contributed by atoms with E-state index in [1.54, 1.807) is 6.92 Å². The Kier molecular flexibility index (Phi) is 5.04. The summed E-state index contributed by atoms with van der Waals surface area (Å²) in [6.07, 6.45) is -2.20. The van der Waals surface area contributed by atoms with Crippen LogP contribution in [0.15, 0.2) is 24.3 Å². The van der Waals surface area contributed by atoms with Crippen LogP contribution in [0.4, 0.5) is 13.2 Å². The van der Waals surface area contributed by atoms with E-state index in [4.69, 9.17) is 0 Å². The molecule has 0 aliphatic heterocycles. The fourth-order valence-corrected chi connectivity index (χ4v) is 2.76. The summed E-state index contributed by atoms with van der Waals surface area (Å²) < 4.78 is 37.6. The van der Waals surface area contributed by atoms with Gasteiger partial charge in [0.15, 0.2) is 0 Å². The first-order valence-corrected chi connectivity index (χ1v) is 7.75. The van der Waals surface area contributed by atoms with Gasteiger partial charge in [-0.1, -0.05) is 19.1 Å². The quantitative estimate of drug-likeness (QED) is 0.839. The van der Waals surface area contributed by atoms with E-state index < -0.39 is 17.3 Å². The largest absolute Gasteiger partial charge is 0.416 e. The van der Waals surface area contributed by atoms with E-state index in [-0.39, 0.29) is 24.9 Å². The van der Waals surface area contributed by atoms with Crippen LogP contribution < -0.4 is 5.32 Å². The molecule has 2 N–H and O–H groups in total. The summed E-state index contributed by atoms with van der Waals surface area (Å²) in [5, 5.41) is 12.4. The number of hydrogen-bond donors (Lipinski definition) is 2. The molecular weight excluding hydrogens is 307 g/mol. The maximum atomic E-state index is 12.5. The summed E-state index contributed by atoms with van der Waals surface area (Å²) in [5.74, 6) is -0.0851. The summed E-state index contributed by atoms with van der Waals surface area (Å²) in [5.41, 5.74) is -0.610. The molecule has 1 aliphatic rings. The lowest BCUT2D eigenvalue weighted by atomic mass is 9.93. The van der Waals surface area contributed by atoms with Crippen LogP contribution in [0.1, 0.15) is 50.2 Å². The van der Waals surface area contributed by atoms with E-state index in [9.17, 15) is 23.1 Å². The highest BCUT2D eigenvalue weighted by molar-refractivity contribution is 5.77. The van der Waals surface area contributed by atoms with Gasteiger partial charge in [-0.25, -0.2) is 0 Å². The van der Waals surface area contributed by atoms with E-state index >= 15 is 0 Å². The Balaban J connectivity index is 1.95. The average molecular weight is 329 g/mol. The first-order valence-electron chi connectivity index (χ1n) is 7.75. The normalized spacial score (nSPS) is 19.0. The van der Waals surface area contributed by atoms with Gasteiger partial charge in [-0.15, -0.1) is 0 Å². The molecule has 0 saturated heterocycles. The van der Waals surface area contributed by atoms with Crippen molar-refractivity contribution >= 4 is 5.91 Å². The fraction of sp³-hybridized carbons (Fsp3) is 0.588. The van der Waals surface area contributed by atoms with E-state index in [2.05, 4.69) is 5.32 Å². The monoisotopic (exact) mass is 329 g/mol. The van der Waals surface area contributed by atoms with Gasteiger partial charge in [-0.3, -0.25) is 4.79 Å². The third-order valence-electron chi connectivity index (χ3n) is 4.53. The Morgan fingerprint density at radius 2 is 1.87 bits per heavy atom. The van der Waals surface area contributed by atoms with E-state index in [1.807, 2.05) is 6.92 Å². The molecule has 3 nitrogen and oxygen atoms in total. The van der Waals surface area contributed by atoms with Gasteiger partial charge >= 0.3 is 6.18 Å². The minimum atomic E-state index is -4.35. The maximum Gasteiger partial charge on any atom is 0.416 e. The molecule has 1 amide bonds. The van der Waals surface area contributed by atoms with Gasteiger partial charge in [0.2, 0.25) is 5.91 Å². The van der Waals surface area contributed by atoms with Crippen molar-refractivity contribution < 1.29 is 23.1 Å². The molecule has 1 fully saturated rings. The molecule has 6 heteroatoms. The molecular formula is C17H22F3NO2. The zero-order valence-electron chi connectivity index (χ0n) is 13.3.